The fraction of sp³-hybridized carbons (Fsp3) is 0.0345. The molecule has 0 aliphatic carbocycles. The summed E-state index contributed by atoms with van der Waals surface area (Å²) in [4.78, 5) is 43.6. The number of carboxylic acids is 1. The van der Waals surface area contributed by atoms with Crippen LogP contribution in [0.15, 0.2) is 83.3 Å². The number of benzene rings is 4. The van der Waals surface area contributed by atoms with Crippen LogP contribution in [-0.4, -0.2) is 35.0 Å². The molecule has 0 bridgehead atoms. The number of halogens is 1. The molecule has 0 atom stereocenters. The zero-order valence-corrected chi connectivity index (χ0v) is 20.5. The van der Waals surface area contributed by atoms with E-state index in [4.69, 9.17) is 25.7 Å². The predicted molar refractivity (Wildman–Crippen MR) is 141 cm³/mol. The number of carboxylic acid groups (broad SMARTS) is 1. The normalized spacial score (nSPS) is 12.7. The minimum atomic E-state index is -1.20. The van der Waals surface area contributed by atoms with Crippen LogP contribution in [0.2, 0.25) is 5.02 Å². The quantitative estimate of drug-likeness (QED) is 0.268. The zero-order valence-electron chi connectivity index (χ0n) is 19.8. The third-order valence-corrected chi connectivity index (χ3v) is 6.59. The number of imide groups is 1. The van der Waals surface area contributed by atoms with Crippen molar-refractivity contribution in [3.05, 3.63) is 101 Å². The first-order valence-corrected chi connectivity index (χ1v) is 11.8. The van der Waals surface area contributed by atoms with E-state index in [1.165, 1.54) is 25.3 Å². The van der Waals surface area contributed by atoms with Crippen molar-refractivity contribution in [2.75, 3.05) is 12.0 Å². The first-order valence-electron chi connectivity index (χ1n) is 11.5. The van der Waals surface area contributed by atoms with Crippen molar-refractivity contribution >= 4 is 46.2 Å². The first-order chi connectivity index (χ1) is 18.4. The van der Waals surface area contributed by atoms with E-state index >= 15 is 0 Å². The number of carbonyl (C=O) groups is 3. The molecule has 8 nitrogen and oxygen atoms in total. The highest BCUT2D eigenvalue weighted by molar-refractivity contribution is 6.35. The maximum Gasteiger partial charge on any atom is 0.335 e. The van der Waals surface area contributed by atoms with Crippen LogP contribution in [0.4, 0.5) is 5.69 Å². The number of carbonyl (C=O) groups excluding carboxylic acids is 2. The van der Waals surface area contributed by atoms with Gasteiger partial charge in [0.25, 0.3) is 11.8 Å². The van der Waals surface area contributed by atoms with Crippen molar-refractivity contribution in [1.29, 1.82) is 0 Å². The highest BCUT2D eigenvalue weighted by Gasteiger charge is 2.39. The highest BCUT2D eigenvalue weighted by atomic mass is 35.5. The first kappa shape index (κ1) is 23.4. The van der Waals surface area contributed by atoms with Gasteiger partial charge in [0.05, 0.1) is 29.5 Å². The highest BCUT2D eigenvalue weighted by Crippen LogP contribution is 2.39. The summed E-state index contributed by atoms with van der Waals surface area (Å²) in [7, 11) is 1.43. The molecule has 4 aromatic carbocycles. The minimum absolute atomic E-state index is 0.00961. The second-order valence-corrected chi connectivity index (χ2v) is 9.02. The molecule has 0 saturated carbocycles. The lowest BCUT2D eigenvalue weighted by Crippen LogP contribution is -2.29. The van der Waals surface area contributed by atoms with E-state index in [1.54, 1.807) is 30.3 Å². The average molecular weight is 525 g/mol. The third-order valence-electron chi connectivity index (χ3n) is 6.35. The number of rotatable bonds is 5. The lowest BCUT2D eigenvalue weighted by atomic mass is 10.0. The molecule has 2 amide bonds. The molecule has 1 aliphatic rings. The van der Waals surface area contributed by atoms with Crippen molar-refractivity contribution in [3.63, 3.8) is 0 Å². The lowest BCUT2D eigenvalue weighted by Gasteiger charge is -2.18. The molecule has 1 aromatic heterocycles. The number of para-hydroxylation sites is 1. The van der Waals surface area contributed by atoms with E-state index in [0.29, 0.717) is 21.7 Å². The second-order valence-electron chi connectivity index (χ2n) is 8.58. The molecule has 38 heavy (non-hydrogen) atoms. The number of oxazole rings is 1. The molecular formula is C29H17ClN2O6. The summed E-state index contributed by atoms with van der Waals surface area (Å²) in [5.41, 5.74) is 3.63. The van der Waals surface area contributed by atoms with E-state index in [-0.39, 0.29) is 34.0 Å². The number of amides is 2. The lowest BCUT2D eigenvalue weighted by molar-refractivity contribution is 0.0696. The Morgan fingerprint density at radius 3 is 2.45 bits per heavy atom. The Kier molecular flexibility index (Phi) is 5.47. The molecular weight excluding hydrogens is 508 g/mol. The van der Waals surface area contributed by atoms with Crippen LogP contribution in [-0.2, 0) is 0 Å². The van der Waals surface area contributed by atoms with E-state index in [9.17, 15) is 19.5 Å². The van der Waals surface area contributed by atoms with E-state index in [1.807, 2.05) is 30.3 Å². The minimum Gasteiger partial charge on any atom is -0.495 e. The molecule has 0 radical (unpaired) electrons. The number of methoxy groups -OCH3 is 1. The van der Waals surface area contributed by atoms with Crippen LogP contribution in [0.5, 0.6) is 5.75 Å². The molecule has 0 spiro atoms. The van der Waals surface area contributed by atoms with Gasteiger partial charge < -0.3 is 14.3 Å². The summed E-state index contributed by atoms with van der Waals surface area (Å²) in [5, 5.41) is 9.90. The summed E-state index contributed by atoms with van der Waals surface area (Å²) < 4.78 is 11.5. The van der Waals surface area contributed by atoms with Crippen molar-refractivity contribution in [2.24, 2.45) is 0 Å². The number of anilines is 1. The molecule has 5 aromatic rings. The van der Waals surface area contributed by atoms with E-state index < -0.39 is 17.8 Å². The van der Waals surface area contributed by atoms with Crippen LogP contribution in [0.1, 0.15) is 31.1 Å². The third kappa shape index (κ3) is 3.70. The summed E-state index contributed by atoms with van der Waals surface area (Å²) >= 11 is 6.19. The molecule has 1 aliphatic heterocycles. The number of aromatic nitrogens is 1. The summed E-state index contributed by atoms with van der Waals surface area (Å²) in [6.07, 6.45) is 0. The average Bonchev–Trinajstić information content (AvgIpc) is 3.47. The van der Waals surface area contributed by atoms with Gasteiger partial charge in [0, 0.05) is 16.1 Å². The zero-order chi connectivity index (χ0) is 26.6. The Bertz CT molecular complexity index is 1810. The van der Waals surface area contributed by atoms with Gasteiger partial charge in [-0.2, -0.15) is 0 Å². The largest absolute Gasteiger partial charge is 0.495 e. The standard InChI is InChI=1S/C29H17ClN2O6/c1-37-23-11-9-16(14-22(23)32-27(33)20-10-8-17(29(35)36)13-21(20)28(32)34)26-31-25-19(6-3-7-24(25)38-26)15-4-2-5-18(30)12-15/h2-14H,1H3,(H,35,36). The van der Waals surface area contributed by atoms with Crippen molar-refractivity contribution < 1.29 is 28.6 Å². The predicted octanol–water partition coefficient (Wildman–Crippen LogP) is 6.32. The molecule has 0 unspecified atom stereocenters. The van der Waals surface area contributed by atoms with E-state index in [2.05, 4.69) is 0 Å². The van der Waals surface area contributed by atoms with Crippen molar-refractivity contribution in [1.82, 2.24) is 4.98 Å². The Labute approximate surface area is 220 Å². The van der Waals surface area contributed by atoms with Gasteiger partial charge in [-0.25, -0.2) is 14.7 Å². The van der Waals surface area contributed by atoms with Crippen LogP contribution in [0.3, 0.4) is 0 Å². The van der Waals surface area contributed by atoms with Crippen LogP contribution in [0, 0.1) is 0 Å². The Balaban J connectivity index is 1.45. The molecule has 2 heterocycles. The molecule has 6 rings (SSSR count). The van der Waals surface area contributed by atoms with Crippen molar-refractivity contribution in [3.8, 4) is 28.3 Å². The monoisotopic (exact) mass is 524 g/mol. The van der Waals surface area contributed by atoms with Gasteiger partial charge in [-0.3, -0.25) is 9.59 Å². The van der Waals surface area contributed by atoms with Gasteiger partial charge >= 0.3 is 5.97 Å². The van der Waals surface area contributed by atoms with Gasteiger partial charge in [-0.05, 0) is 60.2 Å². The number of fused-ring (bicyclic) bond motifs is 2. The summed E-state index contributed by atoms with van der Waals surface area (Å²) in [5.74, 6) is -1.87. The van der Waals surface area contributed by atoms with Gasteiger partial charge in [-0.1, -0.05) is 35.9 Å². The summed E-state index contributed by atoms with van der Waals surface area (Å²) in [6, 6.07) is 21.7. The van der Waals surface area contributed by atoms with Crippen LogP contribution in [0.25, 0.3) is 33.7 Å². The number of aromatic carboxylic acids is 1. The maximum atomic E-state index is 13.3. The van der Waals surface area contributed by atoms with Crippen LogP contribution < -0.4 is 9.64 Å². The summed E-state index contributed by atoms with van der Waals surface area (Å²) in [6.45, 7) is 0. The number of ether oxygens (including phenoxy) is 1. The number of hydrogen-bond donors (Lipinski definition) is 1. The number of nitrogens with zero attached hydrogens (tertiary/aromatic N) is 2. The fourth-order valence-corrected chi connectivity index (χ4v) is 4.74. The SMILES string of the molecule is COc1ccc(-c2nc3c(-c4cccc(Cl)c4)cccc3o2)cc1N1C(=O)c2ccc(C(=O)O)cc2C1=O. The fourth-order valence-electron chi connectivity index (χ4n) is 4.55. The Hall–Kier alpha value is -4.95. The smallest absolute Gasteiger partial charge is 0.335 e. The van der Waals surface area contributed by atoms with Gasteiger partial charge in [-0.15, -0.1) is 0 Å². The Morgan fingerprint density at radius 2 is 1.68 bits per heavy atom. The molecule has 0 fully saturated rings. The van der Waals surface area contributed by atoms with Crippen LogP contribution >= 0.6 is 11.6 Å². The molecule has 0 saturated heterocycles. The maximum absolute atomic E-state index is 13.3. The number of hydrogen-bond acceptors (Lipinski definition) is 6. The van der Waals surface area contributed by atoms with Gasteiger partial charge in [0.2, 0.25) is 5.89 Å². The van der Waals surface area contributed by atoms with Gasteiger partial charge in [0.1, 0.15) is 11.3 Å². The molecule has 1 N–H and O–H groups in total. The molecule has 9 heteroatoms. The Morgan fingerprint density at radius 1 is 0.895 bits per heavy atom. The second kappa shape index (κ2) is 8.86. The molecule has 186 valence electrons. The van der Waals surface area contributed by atoms with E-state index in [0.717, 1.165) is 16.0 Å². The van der Waals surface area contributed by atoms with Crippen molar-refractivity contribution in [2.45, 2.75) is 0 Å². The topological polar surface area (TPSA) is 110 Å². The van der Waals surface area contributed by atoms with Gasteiger partial charge in [0.15, 0.2) is 5.58 Å².